The van der Waals surface area contributed by atoms with Gasteiger partial charge in [-0.3, -0.25) is 0 Å². The van der Waals surface area contributed by atoms with Crippen LogP contribution < -0.4 is 9.47 Å². The Labute approximate surface area is 130 Å². The van der Waals surface area contributed by atoms with Gasteiger partial charge in [0.15, 0.2) is 0 Å². The fourth-order valence-corrected chi connectivity index (χ4v) is 1.96. The second kappa shape index (κ2) is 7.82. The molecule has 1 aliphatic heterocycles. The van der Waals surface area contributed by atoms with Crippen molar-refractivity contribution < 1.29 is 18.9 Å². The van der Waals surface area contributed by atoms with Gasteiger partial charge < -0.3 is 18.9 Å². The maximum absolute atomic E-state index is 5.83. The van der Waals surface area contributed by atoms with Crippen molar-refractivity contribution in [3.63, 3.8) is 0 Å². The summed E-state index contributed by atoms with van der Waals surface area (Å²) in [7, 11) is 0. The highest BCUT2D eigenvalue weighted by Gasteiger charge is 2.24. The molecule has 0 aliphatic carbocycles. The topological polar surface area (TPSA) is 40.2 Å². The molecule has 0 saturated carbocycles. The molecule has 0 aromatic heterocycles. The van der Waals surface area contributed by atoms with Crippen LogP contribution in [-0.2, 0) is 9.47 Å². The third kappa shape index (κ3) is 5.06. The lowest BCUT2D eigenvalue weighted by Crippen LogP contribution is -2.30. The van der Waals surface area contributed by atoms with Gasteiger partial charge >= 0.3 is 0 Å². The standard InChI is InChI=1S/C18H20O4/c1-3-7-15(8-4-1)19-11-17(21-13-18-14-22-18)12-20-16-9-5-2-6-10-16/h1-10,17-18H,11-14H2. The number of hydrogen-bond donors (Lipinski definition) is 0. The van der Waals surface area contributed by atoms with Crippen molar-refractivity contribution in [2.45, 2.75) is 12.2 Å². The molecular weight excluding hydrogens is 280 g/mol. The van der Waals surface area contributed by atoms with Crippen molar-refractivity contribution >= 4 is 0 Å². The van der Waals surface area contributed by atoms with Gasteiger partial charge in [0.25, 0.3) is 0 Å². The van der Waals surface area contributed by atoms with E-state index in [-0.39, 0.29) is 12.2 Å². The molecule has 0 radical (unpaired) electrons. The largest absolute Gasteiger partial charge is 0.491 e. The van der Waals surface area contributed by atoms with Crippen LogP contribution in [-0.4, -0.2) is 38.6 Å². The number of benzene rings is 2. The molecule has 1 fully saturated rings. The molecule has 0 bridgehead atoms. The predicted molar refractivity (Wildman–Crippen MR) is 83.4 cm³/mol. The summed E-state index contributed by atoms with van der Waals surface area (Å²) in [6, 6.07) is 19.4. The lowest BCUT2D eigenvalue weighted by atomic mass is 10.3. The van der Waals surface area contributed by atoms with Crippen molar-refractivity contribution in [2.75, 3.05) is 26.4 Å². The highest BCUT2D eigenvalue weighted by atomic mass is 16.6. The van der Waals surface area contributed by atoms with E-state index in [2.05, 4.69) is 0 Å². The summed E-state index contributed by atoms with van der Waals surface area (Å²) in [6.45, 7) is 2.26. The third-order valence-electron chi connectivity index (χ3n) is 3.28. The summed E-state index contributed by atoms with van der Waals surface area (Å²) < 4.78 is 22.5. The van der Waals surface area contributed by atoms with Crippen LogP contribution in [0.15, 0.2) is 60.7 Å². The van der Waals surface area contributed by atoms with E-state index in [0.29, 0.717) is 19.8 Å². The molecule has 116 valence electrons. The van der Waals surface area contributed by atoms with Gasteiger partial charge in [-0.25, -0.2) is 0 Å². The number of para-hydroxylation sites is 2. The van der Waals surface area contributed by atoms with E-state index in [1.54, 1.807) is 0 Å². The SMILES string of the molecule is c1ccc(OCC(COc2ccccc2)OCC2CO2)cc1. The molecule has 3 rings (SSSR count). The predicted octanol–water partition coefficient (Wildman–Crippen LogP) is 2.93. The van der Waals surface area contributed by atoms with Crippen molar-refractivity contribution in [1.29, 1.82) is 0 Å². The Hall–Kier alpha value is -2.04. The van der Waals surface area contributed by atoms with E-state index >= 15 is 0 Å². The molecule has 1 unspecified atom stereocenters. The van der Waals surface area contributed by atoms with E-state index < -0.39 is 0 Å². The van der Waals surface area contributed by atoms with Crippen LogP contribution in [0.25, 0.3) is 0 Å². The molecule has 1 aliphatic rings. The lowest BCUT2D eigenvalue weighted by molar-refractivity contribution is -0.0131. The van der Waals surface area contributed by atoms with Crippen LogP contribution in [0.5, 0.6) is 11.5 Å². The van der Waals surface area contributed by atoms with Gasteiger partial charge in [0.1, 0.15) is 36.9 Å². The second-order valence-corrected chi connectivity index (χ2v) is 5.16. The van der Waals surface area contributed by atoms with Crippen molar-refractivity contribution in [3.05, 3.63) is 60.7 Å². The first-order chi connectivity index (χ1) is 10.9. The Bertz CT molecular complexity index is 496. The second-order valence-electron chi connectivity index (χ2n) is 5.16. The minimum absolute atomic E-state index is 0.135. The Balaban J connectivity index is 1.49. The molecule has 1 heterocycles. The zero-order valence-corrected chi connectivity index (χ0v) is 12.4. The Morgan fingerprint density at radius 3 is 1.82 bits per heavy atom. The van der Waals surface area contributed by atoms with Crippen LogP contribution in [0.1, 0.15) is 0 Å². The smallest absolute Gasteiger partial charge is 0.125 e. The zero-order chi connectivity index (χ0) is 15.0. The van der Waals surface area contributed by atoms with E-state index in [4.69, 9.17) is 18.9 Å². The first-order valence-corrected chi connectivity index (χ1v) is 7.49. The van der Waals surface area contributed by atoms with Crippen LogP contribution in [0, 0.1) is 0 Å². The molecule has 2 aromatic rings. The summed E-state index contributed by atoms with van der Waals surface area (Å²) in [5.41, 5.74) is 0. The van der Waals surface area contributed by atoms with Gasteiger partial charge in [0, 0.05) is 0 Å². The van der Waals surface area contributed by atoms with E-state index in [9.17, 15) is 0 Å². The molecule has 4 heteroatoms. The molecule has 0 spiro atoms. The quantitative estimate of drug-likeness (QED) is 0.668. The summed E-state index contributed by atoms with van der Waals surface area (Å²) >= 11 is 0. The number of ether oxygens (including phenoxy) is 4. The minimum atomic E-state index is -0.135. The fourth-order valence-electron chi connectivity index (χ4n) is 1.96. The van der Waals surface area contributed by atoms with Gasteiger partial charge in [-0.15, -0.1) is 0 Å². The fraction of sp³-hybridized carbons (Fsp3) is 0.333. The molecule has 1 saturated heterocycles. The number of rotatable bonds is 9. The highest BCUT2D eigenvalue weighted by molar-refractivity contribution is 5.21. The normalized spacial score (nSPS) is 16.5. The Morgan fingerprint density at radius 2 is 1.36 bits per heavy atom. The lowest BCUT2D eigenvalue weighted by Gasteiger charge is -2.19. The average molecular weight is 300 g/mol. The van der Waals surface area contributed by atoms with E-state index in [1.165, 1.54) is 0 Å². The van der Waals surface area contributed by atoms with Crippen molar-refractivity contribution in [1.82, 2.24) is 0 Å². The molecule has 0 N–H and O–H groups in total. The molecular formula is C18H20O4. The van der Waals surface area contributed by atoms with Crippen LogP contribution in [0.2, 0.25) is 0 Å². The molecule has 2 aromatic carbocycles. The molecule has 22 heavy (non-hydrogen) atoms. The zero-order valence-electron chi connectivity index (χ0n) is 12.4. The highest BCUT2D eigenvalue weighted by Crippen LogP contribution is 2.14. The Morgan fingerprint density at radius 1 is 0.864 bits per heavy atom. The van der Waals surface area contributed by atoms with Crippen LogP contribution in [0.4, 0.5) is 0 Å². The van der Waals surface area contributed by atoms with E-state index in [0.717, 1.165) is 18.1 Å². The van der Waals surface area contributed by atoms with Crippen LogP contribution in [0.3, 0.4) is 0 Å². The first-order valence-electron chi connectivity index (χ1n) is 7.49. The average Bonchev–Trinajstić information content (AvgIpc) is 3.40. The van der Waals surface area contributed by atoms with Gasteiger partial charge in [-0.1, -0.05) is 36.4 Å². The Kier molecular flexibility index (Phi) is 5.29. The van der Waals surface area contributed by atoms with E-state index in [1.807, 2.05) is 60.7 Å². The monoisotopic (exact) mass is 300 g/mol. The summed E-state index contributed by atoms with van der Waals surface area (Å²) in [5, 5.41) is 0. The number of epoxide rings is 1. The first kappa shape index (κ1) is 14.9. The van der Waals surface area contributed by atoms with Gasteiger partial charge in [0.2, 0.25) is 0 Å². The molecule has 4 nitrogen and oxygen atoms in total. The summed E-state index contributed by atoms with van der Waals surface area (Å²) in [6.07, 6.45) is 0.0977. The number of hydrogen-bond acceptors (Lipinski definition) is 4. The van der Waals surface area contributed by atoms with Crippen LogP contribution >= 0.6 is 0 Å². The van der Waals surface area contributed by atoms with Crippen molar-refractivity contribution in [2.24, 2.45) is 0 Å². The van der Waals surface area contributed by atoms with Gasteiger partial charge in [-0.2, -0.15) is 0 Å². The molecule has 1 atom stereocenters. The van der Waals surface area contributed by atoms with Crippen molar-refractivity contribution in [3.8, 4) is 11.5 Å². The van der Waals surface area contributed by atoms with Gasteiger partial charge in [0.05, 0.1) is 13.2 Å². The minimum Gasteiger partial charge on any atom is -0.491 e. The summed E-state index contributed by atoms with van der Waals surface area (Å²) in [4.78, 5) is 0. The maximum atomic E-state index is 5.83. The van der Waals surface area contributed by atoms with Gasteiger partial charge in [-0.05, 0) is 24.3 Å². The summed E-state index contributed by atoms with van der Waals surface area (Å²) in [5.74, 6) is 1.66. The maximum Gasteiger partial charge on any atom is 0.125 e. The third-order valence-corrected chi connectivity index (χ3v) is 3.28. The molecule has 0 amide bonds.